The second-order valence-corrected chi connectivity index (χ2v) is 6.16. The molecule has 0 spiro atoms. The van der Waals surface area contributed by atoms with Crippen LogP contribution in [0.2, 0.25) is 0 Å². The first-order chi connectivity index (χ1) is 13.0. The molecule has 1 amide bonds. The number of ether oxygens (including phenoxy) is 2. The first-order valence-electron chi connectivity index (χ1n) is 8.61. The molecule has 0 unspecified atom stereocenters. The van der Waals surface area contributed by atoms with Crippen molar-refractivity contribution in [2.24, 2.45) is 0 Å². The molecule has 1 heterocycles. The number of furan rings is 1. The summed E-state index contributed by atoms with van der Waals surface area (Å²) in [5.41, 5.74) is 1.52. The molecule has 3 rings (SSSR count). The molecule has 0 aliphatic carbocycles. The monoisotopic (exact) mass is 367 g/mol. The third kappa shape index (κ3) is 4.88. The van der Waals surface area contributed by atoms with Crippen LogP contribution in [0.1, 0.15) is 24.3 Å². The van der Waals surface area contributed by atoms with Crippen molar-refractivity contribution >= 4 is 22.8 Å². The van der Waals surface area contributed by atoms with E-state index in [1.807, 2.05) is 37.3 Å². The van der Waals surface area contributed by atoms with Gasteiger partial charge in [-0.25, -0.2) is 0 Å². The first-order valence-corrected chi connectivity index (χ1v) is 8.61. The van der Waals surface area contributed by atoms with Gasteiger partial charge in [-0.3, -0.25) is 9.59 Å². The molecule has 0 aliphatic heterocycles. The van der Waals surface area contributed by atoms with E-state index in [2.05, 4.69) is 5.32 Å². The molecule has 27 heavy (non-hydrogen) atoms. The summed E-state index contributed by atoms with van der Waals surface area (Å²) in [6.07, 6.45) is 0.0730. The van der Waals surface area contributed by atoms with Crippen LogP contribution in [0, 0.1) is 0 Å². The van der Waals surface area contributed by atoms with Gasteiger partial charge in [0.05, 0.1) is 19.6 Å². The highest BCUT2D eigenvalue weighted by atomic mass is 16.5. The molecule has 140 valence electrons. The highest BCUT2D eigenvalue weighted by Gasteiger charge is 2.15. The molecule has 1 N–H and O–H groups in total. The summed E-state index contributed by atoms with van der Waals surface area (Å²) in [6.45, 7) is 1.47. The zero-order valence-electron chi connectivity index (χ0n) is 15.2. The van der Waals surface area contributed by atoms with Crippen LogP contribution in [0.15, 0.2) is 59.0 Å². The van der Waals surface area contributed by atoms with Gasteiger partial charge in [-0.1, -0.05) is 30.3 Å². The van der Waals surface area contributed by atoms with E-state index in [4.69, 9.17) is 13.9 Å². The predicted octanol–water partition coefficient (Wildman–Crippen LogP) is 3.40. The van der Waals surface area contributed by atoms with Crippen molar-refractivity contribution in [1.29, 1.82) is 0 Å². The minimum atomic E-state index is -0.477. The topological polar surface area (TPSA) is 77.8 Å². The van der Waals surface area contributed by atoms with E-state index in [-0.39, 0.29) is 25.0 Å². The van der Waals surface area contributed by atoms with Gasteiger partial charge in [0.25, 0.3) is 5.91 Å². The molecule has 2 aromatic carbocycles. The largest absolute Gasteiger partial charge is 0.497 e. The van der Waals surface area contributed by atoms with Crippen LogP contribution in [0.25, 0.3) is 11.0 Å². The first kappa shape index (κ1) is 18.5. The van der Waals surface area contributed by atoms with Crippen LogP contribution >= 0.6 is 0 Å². The third-order valence-corrected chi connectivity index (χ3v) is 4.10. The van der Waals surface area contributed by atoms with E-state index >= 15 is 0 Å². The summed E-state index contributed by atoms with van der Waals surface area (Å²) >= 11 is 0. The zero-order valence-corrected chi connectivity index (χ0v) is 15.2. The molecule has 6 nitrogen and oxygen atoms in total. The summed E-state index contributed by atoms with van der Waals surface area (Å²) in [5, 5.41) is 3.74. The number of benzene rings is 2. The van der Waals surface area contributed by atoms with Crippen molar-refractivity contribution in [1.82, 2.24) is 5.32 Å². The lowest BCUT2D eigenvalue weighted by Crippen LogP contribution is -2.31. The maximum absolute atomic E-state index is 12.0. The van der Waals surface area contributed by atoms with Crippen LogP contribution in [-0.4, -0.2) is 25.6 Å². The molecule has 1 aromatic heterocycles. The summed E-state index contributed by atoms with van der Waals surface area (Å²) in [5.74, 6) is 0.446. The van der Waals surface area contributed by atoms with Crippen LogP contribution in [-0.2, 0) is 20.7 Å². The van der Waals surface area contributed by atoms with Gasteiger partial charge >= 0.3 is 5.97 Å². The molecule has 3 aromatic rings. The van der Waals surface area contributed by atoms with E-state index in [0.717, 1.165) is 16.5 Å². The minimum Gasteiger partial charge on any atom is -0.497 e. The summed E-state index contributed by atoms with van der Waals surface area (Å²) in [6, 6.07) is 16.3. The van der Waals surface area contributed by atoms with Gasteiger partial charge in [0.2, 0.25) is 0 Å². The zero-order chi connectivity index (χ0) is 19.2. The van der Waals surface area contributed by atoms with Gasteiger partial charge in [0.15, 0.2) is 6.61 Å². The predicted molar refractivity (Wildman–Crippen MR) is 100 cm³/mol. The maximum atomic E-state index is 12.0. The highest BCUT2D eigenvalue weighted by molar-refractivity contribution is 5.82. The minimum absolute atomic E-state index is 0.0730. The third-order valence-electron chi connectivity index (χ3n) is 4.10. The molecule has 0 saturated heterocycles. The van der Waals surface area contributed by atoms with Gasteiger partial charge in [-0.15, -0.1) is 0 Å². The van der Waals surface area contributed by atoms with E-state index in [9.17, 15) is 9.59 Å². The van der Waals surface area contributed by atoms with Crippen molar-refractivity contribution in [2.45, 2.75) is 19.4 Å². The molecule has 1 atom stereocenters. The number of rotatable bonds is 7. The summed E-state index contributed by atoms with van der Waals surface area (Å²) < 4.78 is 15.9. The van der Waals surface area contributed by atoms with Crippen molar-refractivity contribution in [3.05, 3.63) is 65.9 Å². The van der Waals surface area contributed by atoms with E-state index in [0.29, 0.717) is 11.5 Å². The van der Waals surface area contributed by atoms with Crippen LogP contribution in [0.5, 0.6) is 5.75 Å². The average Bonchev–Trinajstić information content (AvgIpc) is 3.11. The Bertz CT molecular complexity index is 913. The summed E-state index contributed by atoms with van der Waals surface area (Å²) in [4.78, 5) is 24.0. The van der Waals surface area contributed by atoms with Crippen molar-refractivity contribution in [2.75, 3.05) is 13.7 Å². The Hall–Kier alpha value is -3.28. The van der Waals surface area contributed by atoms with Gasteiger partial charge in [-0.2, -0.15) is 0 Å². The highest BCUT2D eigenvalue weighted by Crippen LogP contribution is 2.23. The number of fused-ring (bicyclic) bond motifs is 1. The van der Waals surface area contributed by atoms with Crippen molar-refractivity contribution in [3.8, 4) is 5.75 Å². The van der Waals surface area contributed by atoms with Gasteiger partial charge in [0, 0.05) is 5.39 Å². The normalized spacial score (nSPS) is 11.8. The van der Waals surface area contributed by atoms with Crippen molar-refractivity contribution in [3.63, 3.8) is 0 Å². The van der Waals surface area contributed by atoms with E-state index in [1.165, 1.54) is 0 Å². The van der Waals surface area contributed by atoms with E-state index < -0.39 is 5.97 Å². The van der Waals surface area contributed by atoms with E-state index in [1.54, 1.807) is 31.4 Å². The fourth-order valence-corrected chi connectivity index (χ4v) is 2.72. The number of esters is 1. The number of nitrogens with one attached hydrogen (secondary N) is 1. The van der Waals surface area contributed by atoms with Crippen molar-refractivity contribution < 1.29 is 23.5 Å². The Balaban J connectivity index is 1.49. The van der Waals surface area contributed by atoms with Crippen LogP contribution in [0.4, 0.5) is 0 Å². The summed E-state index contributed by atoms with van der Waals surface area (Å²) in [7, 11) is 1.56. The Kier molecular flexibility index (Phi) is 5.76. The lowest BCUT2D eigenvalue weighted by Gasteiger charge is -2.11. The molecule has 0 aliphatic rings. The molecule has 0 fully saturated rings. The number of amides is 1. The quantitative estimate of drug-likeness (QED) is 0.648. The molecule has 0 radical (unpaired) electrons. The number of hydrogen-bond donors (Lipinski definition) is 1. The second-order valence-electron chi connectivity index (χ2n) is 6.16. The number of methoxy groups -OCH3 is 1. The lowest BCUT2D eigenvalue weighted by atomic mass is 10.1. The SMILES string of the molecule is COc1cccc(CC(=O)OCC(=O)N[C@@H](C)c2cc3ccccc3o2)c1. The number of para-hydroxylation sites is 1. The molecular weight excluding hydrogens is 346 g/mol. The number of carbonyl (C=O) groups excluding carboxylic acids is 2. The van der Waals surface area contributed by atoms with Crippen LogP contribution in [0.3, 0.4) is 0 Å². The molecule has 0 bridgehead atoms. The standard InChI is InChI=1S/C21H21NO5/c1-14(19-12-16-7-3-4-9-18(16)27-19)22-20(23)13-26-21(24)11-15-6-5-8-17(10-15)25-2/h3-10,12,14H,11,13H2,1-2H3,(H,22,23)/t14-/m0/s1. The smallest absolute Gasteiger partial charge is 0.310 e. The second kappa shape index (κ2) is 8.40. The lowest BCUT2D eigenvalue weighted by molar-refractivity contribution is -0.148. The molecular formula is C21H21NO5. The molecule has 6 heteroatoms. The number of hydrogen-bond acceptors (Lipinski definition) is 5. The fraction of sp³-hybridized carbons (Fsp3) is 0.238. The van der Waals surface area contributed by atoms with Gasteiger partial charge in [-0.05, 0) is 36.8 Å². The average molecular weight is 367 g/mol. The van der Waals surface area contributed by atoms with Gasteiger partial charge in [0.1, 0.15) is 17.1 Å². The van der Waals surface area contributed by atoms with Gasteiger partial charge < -0.3 is 19.2 Å². The Labute approximate surface area is 157 Å². The fourth-order valence-electron chi connectivity index (χ4n) is 2.72. The van der Waals surface area contributed by atoms with Crippen LogP contribution < -0.4 is 10.1 Å². The number of carbonyl (C=O) groups is 2. The Morgan fingerprint density at radius 3 is 2.70 bits per heavy atom. The molecule has 0 saturated carbocycles. The Morgan fingerprint density at radius 1 is 1.11 bits per heavy atom. The maximum Gasteiger partial charge on any atom is 0.310 e. The Morgan fingerprint density at radius 2 is 1.93 bits per heavy atom.